The maximum atomic E-state index is 13.1. The lowest BCUT2D eigenvalue weighted by atomic mass is 9.25. The summed E-state index contributed by atoms with van der Waals surface area (Å²) < 4.78 is 0. The van der Waals surface area contributed by atoms with E-state index in [-0.39, 0.29) is 5.78 Å². The lowest BCUT2D eigenvalue weighted by molar-refractivity contribution is -0.141. The van der Waals surface area contributed by atoms with Gasteiger partial charge in [0.2, 0.25) is 0 Å². The van der Waals surface area contributed by atoms with Gasteiger partial charge < -0.3 is 10.8 Å². The number of carbonyl (C=O) groups is 1. The third-order valence-electron chi connectivity index (χ3n) is 5.37. The molecule has 9 heteroatoms. The van der Waals surface area contributed by atoms with Crippen LogP contribution in [0.15, 0.2) is 24.3 Å². The van der Waals surface area contributed by atoms with E-state index in [2.05, 4.69) is 0 Å². The van der Waals surface area contributed by atoms with Gasteiger partial charge in [-0.1, -0.05) is 46.6 Å². The Morgan fingerprint density at radius 3 is 2.14 bits per heavy atom. The Morgan fingerprint density at radius 1 is 1.10 bits per heavy atom. The molecule has 1 aliphatic carbocycles. The first-order valence-corrected chi connectivity index (χ1v) is 7.57. The van der Waals surface area contributed by atoms with Gasteiger partial charge in [0.05, 0.1) is 11.0 Å². The Balaban J connectivity index is 2.72. The van der Waals surface area contributed by atoms with Crippen LogP contribution in [-0.4, -0.2) is 55.6 Å². The minimum atomic E-state index is -1.50. The lowest BCUT2D eigenvalue weighted by Gasteiger charge is -2.59. The molecular formula is C12H19B5ClNO2. The number of halogens is 1. The van der Waals surface area contributed by atoms with Crippen LogP contribution in [0.3, 0.4) is 0 Å². The second-order valence-corrected chi connectivity index (χ2v) is 8.04. The average Bonchev–Trinajstić information content (AvgIpc) is 2.34. The summed E-state index contributed by atoms with van der Waals surface area (Å²) >= 11 is 6.29. The molecule has 1 aromatic rings. The molecule has 2 rings (SSSR count). The summed E-state index contributed by atoms with van der Waals surface area (Å²) in [6.07, 6.45) is 0.612. The van der Waals surface area contributed by atoms with Crippen molar-refractivity contribution in [3.05, 3.63) is 34.9 Å². The Bertz CT molecular complexity index is 607. The molecule has 2 atom stereocenters. The Kier molecular flexibility index (Phi) is 3.76. The molecular weight excluding hydrogens is 280 g/mol. The second kappa shape index (κ2) is 4.71. The summed E-state index contributed by atoms with van der Waals surface area (Å²) in [5.41, 5.74) is 4.37. The van der Waals surface area contributed by atoms with Crippen molar-refractivity contribution in [1.82, 2.24) is 0 Å². The molecule has 1 aliphatic rings. The Labute approximate surface area is 135 Å². The fraction of sp³-hybridized carbons (Fsp3) is 0.417. The molecule has 0 spiro atoms. The minimum Gasteiger partial charge on any atom is -0.392 e. The zero-order valence-corrected chi connectivity index (χ0v) is 14.1. The first kappa shape index (κ1) is 16.8. The van der Waals surface area contributed by atoms with E-state index < -0.39 is 21.5 Å². The summed E-state index contributed by atoms with van der Waals surface area (Å²) in [6.45, 7) is 0. The van der Waals surface area contributed by atoms with Gasteiger partial charge in [0, 0.05) is 5.02 Å². The molecule has 0 aliphatic heterocycles. The summed E-state index contributed by atoms with van der Waals surface area (Å²) in [5.74, 6) is -0.371. The first-order valence-electron chi connectivity index (χ1n) is 7.19. The maximum absolute atomic E-state index is 13.1. The van der Waals surface area contributed by atoms with Gasteiger partial charge in [-0.05, 0) is 11.6 Å². The Hall–Kier alpha value is -0.575. The predicted octanol–water partition coefficient (Wildman–Crippen LogP) is -3.45. The maximum Gasteiger partial charge on any atom is 0.177 e. The number of hydrogen-bond donors (Lipinski definition) is 2. The largest absolute Gasteiger partial charge is 0.392 e. The number of Topliss-reactive ketones (excluding diaryl/α,β-unsaturated/α-hetero) is 1. The van der Waals surface area contributed by atoms with Crippen LogP contribution in [0.1, 0.15) is 12.0 Å². The molecule has 0 heterocycles. The Morgan fingerprint density at radius 2 is 1.62 bits per heavy atom. The van der Waals surface area contributed by atoms with Crippen molar-refractivity contribution in [2.24, 2.45) is 5.73 Å². The first-order chi connectivity index (χ1) is 9.38. The zero-order chi connectivity index (χ0) is 16.3. The summed E-state index contributed by atoms with van der Waals surface area (Å²) in [4.78, 5) is 13.1. The van der Waals surface area contributed by atoms with Crippen LogP contribution in [0.2, 0.25) is 15.5 Å². The van der Waals surface area contributed by atoms with Crippen molar-refractivity contribution >= 4 is 56.6 Å². The fourth-order valence-corrected chi connectivity index (χ4v) is 3.97. The smallest absolute Gasteiger partial charge is 0.177 e. The fourth-order valence-electron chi connectivity index (χ4n) is 3.68. The van der Waals surface area contributed by atoms with E-state index in [0.29, 0.717) is 17.0 Å². The van der Waals surface area contributed by atoms with Crippen LogP contribution in [-0.2, 0) is 10.3 Å². The summed E-state index contributed by atoms with van der Waals surface area (Å²) in [6, 6.07) is 7.12. The molecule has 0 bridgehead atoms. The monoisotopic (exact) mass is 299 g/mol. The van der Waals surface area contributed by atoms with Crippen molar-refractivity contribution in [3.63, 3.8) is 0 Å². The minimum absolute atomic E-state index is 0.371. The molecule has 0 saturated heterocycles. The highest BCUT2D eigenvalue weighted by Crippen LogP contribution is 2.58. The topological polar surface area (TPSA) is 63.3 Å². The van der Waals surface area contributed by atoms with Crippen molar-refractivity contribution in [3.8, 4) is 0 Å². The number of carbonyl (C=O) groups excluding carboxylic acids is 1. The van der Waals surface area contributed by atoms with E-state index in [0.717, 1.165) is 0 Å². The molecule has 1 saturated carbocycles. The number of ketones is 1. The van der Waals surface area contributed by atoms with Gasteiger partial charge in [-0.15, -0.1) is 0 Å². The number of nitrogens with two attached hydrogens (primary N) is 1. The lowest BCUT2D eigenvalue weighted by Crippen LogP contribution is -2.71. The molecule has 0 aromatic heterocycles. The highest BCUT2D eigenvalue weighted by molar-refractivity contribution is 6.54. The number of aliphatic hydroxyl groups is 1. The quantitative estimate of drug-likeness (QED) is 0.530. The van der Waals surface area contributed by atoms with Crippen LogP contribution in [0.5, 0.6) is 0 Å². The normalized spacial score (nSPS) is 34.5. The van der Waals surface area contributed by atoms with Crippen LogP contribution in [0.25, 0.3) is 0 Å². The van der Waals surface area contributed by atoms with Crippen molar-refractivity contribution in [2.75, 3.05) is 0 Å². The predicted molar refractivity (Wildman–Crippen MR) is 100.0 cm³/mol. The molecule has 1 aromatic carbocycles. The van der Waals surface area contributed by atoms with Crippen LogP contribution in [0, 0.1) is 0 Å². The van der Waals surface area contributed by atoms with E-state index in [9.17, 15) is 9.90 Å². The van der Waals surface area contributed by atoms with Gasteiger partial charge in [0.1, 0.15) is 31.4 Å². The highest BCUT2D eigenvalue weighted by Gasteiger charge is 2.64. The van der Waals surface area contributed by atoms with Gasteiger partial charge in [0.25, 0.3) is 0 Å². The zero-order valence-electron chi connectivity index (χ0n) is 13.3. The van der Waals surface area contributed by atoms with E-state index in [1.54, 1.807) is 26.0 Å². The second-order valence-electron chi connectivity index (χ2n) is 7.63. The van der Waals surface area contributed by atoms with Crippen LogP contribution in [0.4, 0.5) is 0 Å². The molecule has 0 amide bonds. The standard InChI is InChI=1S/C12H19B5ClNO2/c13-9(14)5-10(15,16)12(17,21)8(20)11(9,19)6-3-1-2-4-7(6)18/h1-4,21H,5,13-17,19H2. The molecule has 21 heavy (non-hydrogen) atoms. The average molecular weight is 299 g/mol. The highest BCUT2D eigenvalue weighted by atomic mass is 35.5. The van der Waals surface area contributed by atoms with Gasteiger partial charge in [-0.2, -0.15) is 0 Å². The van der Waals surface area contributed by atoms with Gasteiger partial charge in [-0.25, -0.2) is 0 Å². The van der Waals surface area contributed by atoms with Crippen LogP contribution >= 0.6 is 11.6 Å². The molecule has 0 radical (unpaired) electrons. The molecule has 3 nitrogen and oxygen atoms in total. The third kappa shape index (κ3) is 2.15. The van der Waals surface area contributed by atoms with Crippen molar-refractivity contribution in [2.45, 2.75) is 27.9 Å². The van der Waals surface area contributed by atoms with E-state index >= 15 is 0 Å². The molecule has 106 valence electrons. The number of benzene rings is 1. The van der Waals surface area contributed by atoms with Crippen LogP contribution < -0.4 is 5.73 Å². The summed E-state index contributed by atoms with van der Waals surface area (Å²) in [7, 11) is 9.29. The molecule has 3 N–H and O–H groups in total. The van der Waals surface area contributed by atoms with Crippen molar-refractivity contribution < 1.29 is 9.90 Å². The van der Waals surface area contributed by atoms with Gasteiger partial charge in [0.15, 0.2) is 13.6 Å². The van der Waals surface area contributed by atoms with Gasteiger partial charge in [-0.3, -0.25) is 4.79 Å². The third-order valence-corrected chi connectivity index (χ3v) is 5.70. The summed E-state index contributed by atoms with van der Waals surface area (Å²) in [5, 5.41) is 10.2. The van der Waals surface area contributed by atoms with Crippen molar-refractivity contribution in [1.29, 1.82) is 0 Å². The molecule has 2 unspecified atom stereocenters. The number of rotatable bonds is 1. The van der Waals surface area contributed by atoms with E-state index in [1.165, 1.54) is 0 Å². The van der Waals surface area contributed by atoms with E-state index in [1.807, 2.05) is 37.5 Å². The van der Waals surface area contributed by atoms with E-state index in [4.69, 9.17) is 17.3 Å². The SMILES string of the molecule is BC1(B)CC(B)(B)C(N)(c2ccccc2Cl)C(=O)C1(B)O. The number of hydrogen-bond acceptors (Lipinski definition) is 3. The van der Waals surface area contributed by atoms with Gasteiger partial charge >= 0.3 is 0 Å². The molecule has 1 fully saturated rings.